The Morgan fingerprint density at radius 1 is 1.12 bits per heavy atom. The van der Waals surface area contributed by atoms with E-state index in [1.54, 1.807) is 67.6 Å². The summed E-state index contributed by atoms with van der Waals surface area (Å²) >= 11 is -2.64. The molecule has 2 N–H and O–H groups in total. The molecule has 0 saturated carbocycles. The fourth-order valence-corrected chi connectivity index (χ4v) is 3.47. The zero-order valence-corrected chi connectivity index (χ0v) is 15.9. The second-order valence-corrected chi connectivity index (χ2v) is 8.04. The summed E-state index contributed by atoms with van der Waals surface area (Å²) in [6.45, 7) is 1.61. The van der Waals surface area contributed by atoms with E-state index in [0.717, 1.165) is 0 Å². The molecule has 0 aromatic heterocycles. The van der Waals surface area contributed by atoms with Crippen LogP contribution in [0.2, 0.25) is 0 Å². The van der Waals surface area contributed by atoms with Gasteiger partial charge in [-0.15, -0.1) is 0 Å². The molecule has 0 spiro atoms. The Bertz CT molecular complexity index is 840. The molecule has 0 amide bonds. The summed E-state index contributed by atoms with van der Waals surface area (Å²) in [5.41, 5.74) is -1.18. The minimum atomic E-state index is -3.00. The van der Waals surface area contributed by atoms with Gasteiger partial charge in [0.1, 0.15) is 0 Å². The van der Waals surface area contributed by atoms with E-state index in [1.807, 2.05) is 0 Å². The predicted molar refractivity (Wildman–Crippen MR) is 97.7 cm³/mol. The SMILES string of the molecule is CCC(NS(=O)[O-])(C(=O)O)c1ccccc1.CS(=O)(=O)c1ccccc1. The largest absolute Gasteiger partial charge is 0.760 e. The molecule has 2 aromatic rings. The average molecular weight is 398 g/mol. The predicted octanol–water partition coefficient (Wildman–Crippen LogP) is 1.85. The number of carboxylic acids is 1. The average Bonchev–Trinajstić information content (AvgIpc) is 2.60. The van der Waals surface area contributed by atoms with Crippen molar-refractivity contribution in [3.63, 3.8) is 0 Å². The number of sulfone groups is 1. The van der Waals surface area contributed by atoms with Crippen LogP contribution in [0.25, 0.3) is 0 Å². The highest BCUT2D eigenvalue weighted by Gasteiger charge is 2.38. The highest BCUT2D eigenvalue weighted by Crippen LogP contribution is 2.25. The van der Waals surface area contributed by atoms with Crippen LogP contribution >= 0.6 is 0 Å². The third-order valence-corrected chi connectivity index (χ3v) is 5.23. The molecule has 7 nitrogen and oxygen atoms in total. The minimum absolute atomic E-state index is 0.125. The number of rotatable bonds is 6. The number of carboxylic acid groups (broad SMARTS) is 1. The van der Waals surface area contributed by atoms with Crippen molar-refractivity contribution < 1.29 is 27.1 Å². The number of nitrogens with one attached hydrogen (secondary N) is 1. The van der Waals surface area contributed by atoms with E-state index in [9.17, 15) is 27.1 Å². The molecule has 2 aromatic carbocycles. The van der Waals surface area contributed by atoms with E-state index in [-0.39, 0.29) is 6.42 Å². The minimum Gasteiger partial charge on any atom is -0.760 e. The fourth-order valence-electron chi connectivity index (χ4n) is 2.19. The summed E-state index contributed by atoms with van der Waals surface area (Å²) in [6, 6.07) is 16.6. The maximum atomic E-state index is 11.3. The van der Waals surface area contributed by atoms with Gasteiger partial charge in [-0.2, -0.15) is 0 Å². The van der Waals surface area contributed by atoms with Gasteiger partial charge in [-0.25, -0.2) is 17.9 Å². The Hall–Kier alpha value is -2.07. The molecule has 0 aliphatic heterocycles. The smallest absolute Gasteiger partial charge is 0.329 e. The van der Waals surface area contributed by atoms with Crippen LogP contribution in [0.4, 0.5) is 0 Å². The molecule has 0 aliphatic carbocycles. The monoisotopic (exact) mass is 398 g/mol. The van der Waals surface area contributed by atoms with Crippen LogP contribution < -0.4 is 4.72 Å². The van der Waals surface area contributed by atoms with Crippen LogP contribution in [-0.4, -0.2) is 34.5 Å². The lowest BCUT2D eigenvalue weighted by Crippen LogP contribution is -2.49. The lowest BCUT2D eigenvalue weighted by atomic mass is 9.88. The number of hydrogen-bond acceptors (Lipinski definition) is 5. The van der Waals surface area contributed by atoms with Gasteiger partial charge in [0.2, 0.25) is 0 Å². The second-order valence-electron chi connectivity index (χ2n) is 5.35. The number of aliphatic carboxylic acids is 1. The topological polar surface area (TPSA) is 124 Å². The molecule has 9 heteroatoms. The molecule has 0 radical (unpaired) electrons. The Balaban J connectivity index is 0.000000289. The maximum Gasteiger partial charge on any atom is 0.329 e. The van der Waals surface area contributed by atoms with Crippen LogP contribution in [0, 0.1) is 0 Å². The Morgan fingerprint density at radius 2 is 1.58 bits per heavy atom. The normalized spacial score (nSPS) is 14.4. The van der Waals surface area contributed by atoms with Crippen LogP contribution in [0.5, 0.6) is 0 Å². The van der Waals surface area contributed by atoms with Gasteiger partial charge in [-0.3, -0.25) is 4.21 Å². The Kier molecular flexibility index (Phi) is 8.09. The summed E-state index contributed by atoms with van der Waals surface area (Å²) in [5.74, 6) is -1.22. The van der Waals surface area contributed by atoms with E-state index >= 15 is 0 Å². The van der Waals surface area contributed by atoms with Crippen molar-refractivity contribution in [2.24, 2.45) is 0 Å². The van der Waals surface area contributed by atoms with E-state index in [1.165, 1.54) is 6.26 Å². The highest BCUT2D eigenvalue weighted by atomic mass is 32.2. The summed E-state index contributed by atoms with van der Waals surface area (Å²) in [4.78, 5) is 11.6. The van der Waals surface area contributed by atoms with Gasteiger partial charge in [0.05, 0.1) is 4.90 Å². The van der Waals surface area contributed by atoms with Gasteiger partial charge in [0.25, 0.3) is 0 Å². The number of benzene rings is 2. The molecule has 0 fully saturated rings. The fraction of sp³-hybridized carbons (Fsp3) is 0.235. The molecule has 0 saturated heterocycles. The van der Waals surface area contributed by atoms with Crippen molar-refractivity contribution in [1.29, 1.82) is 0 Å². The van der Waals surface area contributed by atoms with E-state index in [0.29, 0.717) is 10.5 Å². The van der Waals surface area contributed by atoms with Crippen LogP contribution in [0.3, 0.4) is 0 Å². The van der Waals surface area contributed by atoms with Crippen molar-refractivity contribution in [3.05, 3.63) is 66.2 Å². The van der Waals surface area contributed by atoms with Gasteiger partial charge in [0, 0.05) is 17.5 Å². The van der Waals surface area contributed by atoms with Gasteiger partial charge < -0.3 is 9.66 Å². The van der Waals surface area contributed by atoms with Gasteiger partial charge >= 0.3 is 5.97 Å². The molecule has 0 heterocycles. The number of hydrogen-bond donors (Lipinski definition) is 2. The second kappa shape index (κ2) is 9.58. The van der Waals surface area contributed by atoms with Crippen molar-refractivity contribution in [3.8, 4) is 0 Å². The Morgan fingerprint density at radius 3 is 1.88 bits per heavy atom. The highest BCUT2D eigenvalue weighted by molar-refractivity contribution is 7.90. The first-order valence-corrected chi connectivity index (χ1v) is 10.5. The van der Waals surface area contributed by atoms with Crippen molar-refractivity contribution in [2.45, 2.75) is 23.8 Å². The van der Waals surface area contributed by atoms with Gasteiger partial charge in [0.15, 0.2) is 15.4 Å². The van der Waals surface area contributed by atoms with Gasteiger partial charge in [-0.1, -0.05) is 55.5 Å². The molecular formula is C17H20NO6S2-. The van der Waals surface area contributed by atoms with E-state index in [4.69, 9.17) is 0 Å². The number of carbonyl (C=O) groups is 1. The standard InChI is InChI=1S/C10H13NO4S.C7H8O2S/c1-2-10(9(12)13,11-16(14)15)8-6-4-3-5-7-8;1-10(8,9)7-5-3-2-4-6-7/h3-7,11H,2H2,1H3,(H,12,13)(H,14,15);2-6H,1H3/p-1. The summed E-state index contributed by atoms with van der Waals surface area (Å²) in [5, 5.41) is 9.19. The van der Waals surface area contributed by atoms with E-state index < -0.39 is 32.6 Å². The molecular weight excluding hydrogens is 378 g/mol. The van der Waals surface area contributed by atoms with Crippen LogP contribution in [-0.2, 0) is 31.4 Å². The van der Waals surface area contributed by atoms with Gasteiger partial charge in [-0.05, 0) is 24.1 Å². The van der Waals surface area contributed by atoms with Crippen molar-refractivity contribution in [2.75, 3.05) is 6.26 Å². The van der Waals surface area contributed by atoms with Crippen LogP contribution in [0.1, 0.15) is 18.9 Å². The van der Waals surface area contributed by atoms with Crippen LogP contribution in [0.15, 0.2) is 65.6 Å². The summed E-state index contributed by atoms with van der Waals surface area (Å²) < 4.78 is 45.1. The zero-order chi connectivity index (χ0) is 19.8. The summed E-state index contributed by atoms with van der Waals surface area (Å²) in [6.07, 6.45) is 1.32. The maximum absolute atomic E-state index is 11.3. The first-order valence-electron chi connectivity index (χ1n) is 7.54. The zero-order valence-electron chi connectivity index (χ0n) is 14.3. The lowest BCUT2D eigenvalue weighted by molar-refractivity contribution is -0.144. The molecule has 2 unspecified atom stereocenters. The molecule has 142 valence electrons. The quantitative estimate of drug-likeness (QED) is 0.716. The Labute approximate surface area is 155 Å². The van der Waals surface area contributed by atoms with Crippen molar-refractivity contribution in [1.82, 2.24) is 4.72 Å². The molecule has 2 rings (SSSR count). The lowest BCUT2D eigenvalue weighted by Gasteiger charge is -2.30. The third kappa shape index (κ3) is 6.03. The summed E-state index contributed by atoms with van der Waals surface area (Å²) in [7, 11) is -3.00. The first-order chi connectivity index (χ1) is 12.1. The van der Waals surface area contributed by atoms with Crippen molar-refractivity contribution >= 4 is 27.1 Å². The third-order valence-electron chi connectivity index (χ3n) is 3.59. The van der Waals surface area contributed by atoms with E-state index in [2.05, 4.69) is 4.72 Å². The molecule has 2 atom stereocenters. The first kappa shape index (κ1) is 22.0. The molecule has 0 aliphatic rings. The molecule has 26 heavy (non-hydrogen) atoms. The molecule has 0 bridgehead atoms.